The van der Waals surface area contributed by atoms with Gasteiger partial charge in [-0.2, -0.15) is 0 Å². The summed E-state index contributed by atoms with van der Waals surface area (Å²) in [5, 5.41) is 4.06. The Kier molecular flexibility index (Phi) is 3.10. The molecule has 2 aromatic rings. The highest BCUT2D eigenvalue weighted by atomic mass is 32.1. The fraction of sp³-hybridized carbons (Fsp3) is 0.333. The van der Waals surface area contributed by atoms with E-state index in [0.717, 1.165) is 22.6 Å². The second-order valence-electron chi connectivity index (χ2n) is 3.09. The van der Waals surface area contributed by atoms with Gasteiger partial charge in [0.15, 0.2) is 0 Å². The van der Waals surface area contributed by atoms with Gasteiger partial charge in [0.1, 0.15) is 0 Å². The van der Waals surface area contributed by atoms with Gasteiger partial charge in [-0.25, -0.2) is 5.43 Å². The number of hydrogen-bond donors (Lipinski definition) is 2. The van der Waals surface area contributed by atoms with Crippen LogP contribution in [0.5, 0.6) is 0 Å². The van der Waals surface area contributed by atoms with E-state index in [1.54, 1.807) is 12.5 Å². The van der Waals surface area contributed by atoms with E-state index in [2.05, 4.69) is 15.0 Å². The Bertz CT molecular complexity index is 411. The summed E-state index contributed by atoms with van der Waals surface area (Å²) in [5.74, 6) is 5.54. The lowest BCUT2D eigenvalue weighted by Crippen LogP contribution is -2.28. The fourth-order valence-electron chi connectivity index (χ4n) is 1.44. The molecule has 0 aliphatic rings. The van der Waals surface area contributed by atoms with Crippen molar-refractivity contribution >= 4 is 11.5 Å². The van der Waals surface area contributed by atoms with Gasteiger partial charge in [-0.1, -0.05) is 11.4 Å². The average molecular weight is 224 g/mol. The number of aromatic nitrogens is 2. The zero-order valence-corrected chi connectivity index (χ0v) is 9.12. The molecule has 0 amide bonds. The zero-order chi connectivity index (χ0) is 10.7. The number of furan rings is 1. The van der Waals surface area contributed by atoms with Gasteiger partial charge in [0.25, 0.3) is 0 Å². The van der Waals surface area contributed by atoms with Gasteiger partial charge < -0.3 is 4.42 Å². The van der Waals surface area contributed by atoms with Gasteiger partial charge in [0.2, 0.25) is 0 Å². The molecule has 0 fully saturated rings. The lowest BCUT2D eigenvalue weighted by atomic mass is 10.1. The minimum Gasteiger partial charge on any atom is -0.472 e. The molecule has 1 unspecified atom stereocenters. The SMILES string of the molecule is CCc1nnsc1C(NN)c1ccoc1. The van der Waals surface area contributed by atoms with Gasteiger partial charge >= 0.3 is 0 Å². The van der Waals surface area contributed by atoms with Crippen LogP contribution in [0.25, 0.3) is 0 Å². The van der Waals surface area contributed by atoms with Gasteiger partial charge in [-0.3, -0.25) is 5.84 Å². The maximum absolute atomic E-state index is 5.54. The molecule has 5 nitrogen and oxygen atoms in total. The minimum atomic E-state index is -0.0845. The molecule has 0 spiro atoms. The van der Waals surface area contributed by atoms with Crippen LogP contribution in [0.1, 0.15) is 29.1 Å². The monoisotopic (exact) mass is 224 g/mol. The number of nitrogens with one attached hydrogen (secondary N) is 1. The Morgan fingerprint density at radius 3 is 3.13 bits per heavy atom. The number of rotatable bonds is 4. The summed E-state index contributed by atoms with van der Waals surface area (Å²) in [7, 11) is 0. The van der Waals surface area contributed by atoms with Gasteiger partial charge in [0, 0.05) is 5.56 Å². The summed E-state index contributed by atoms with van der Waals surface area (Å²) >= 11 is 1.36. The van der Waals surface area contributed by atoms with Crippen LogP contribution >= 0.6 is 11.5 Å². The molecule has 0 bridgehead atoms. The number of hydrazine groups is 1. The van der Waals surface area contributed by atoms with Crippen molar-refractivity contribution in [3.63, 3.8) is 0 Å². The lowest BCUT2D eigenvalue weighted by Gasteiger charge is -2.12. The number of aryl methyl sites for hydroxylation is 1. The summed E-state index contributed by atoms with van der Waals surface area (Å²) in [6, 6.07) is 1.79. The van der Waals surface area contributed by atoms with Crippen LogP contribution in [0.15, 0.2) is 23.0 Å². The first kappa shape index (κ1) is 10.3. The zero-order valence-electron chi connectivity index (χ0n) is 8.30. The molecule has 2 heterocycles. The van der Waals surface area contributed by atoms with Crippen molar-refractivity contribution in [3.05, 3.63) is 34.7 Å². The first-order valence-electron chi connectivity index (χ1n) is 4.66. The van der Waals surface area contributed by atoms with Crippen LogP contribution in [0, 0.1) is 0 Å². The first-order chi connectivity index (χ1) is 7.36. The third-order valence-corrected chi connectivity index (χ3v) is 3.06. The van der Waals surface area contributed by atoms with Gasteiger partial charge in [0.05, 0.1) is 29.1 Å². The molecule has 15 heavy (non-hydrogen) atoms. The predicted octanol–water partition coefficient (Wildman–Crippen LogP) is 1.25. The molecule has 0 saturated carbocycles. The van der Waals surface area contributed by atoms with Gasteiger partial charge in [-0.05, 0) is 24.0 Å². The normalized spacial score (nSPS) is 12.9. The Labute approximate surface area is 91.4 Å². The van der Waals surface area contributed by atoms with Crippen LogP contribution < -0.4 is 11.3 Å². The van der Waals surface area contributed by atoms with Crippen molar-refractivity contribution in [1.82, 2.24) is 15.0 Å². The van der Waals surface area contributed by atoms with Crippen LogP contribution in [0.3, 0.4) is 0 Å². The van der Waals surface area contributed by atoms with E-state index in [9.17, 15) is 0 Å². The topological polar surface area (TPSA) is 77.0 Å². The summed E-state index contributed by atoms with van der Waals surface area (Å²) in [4.78, 5) is 1.04. The van der Waals surface area contributed by atoms with Crippen molar-refractivity contribution in [2.45, 2.75) is 19.4 Å². The second-order valence-corrected chi connectivity index (χ2v) is 3.88. The Morgan fingerprint density at radius 1 is 1.67 bits per heavy atom. The van der Waals surface area contributed by atoms with Crippen molar-refractivity contribution in [2.24, 2.45) is 5.84 Å². The van der Waals surface area contributed by atoms with Crippen molar-refractivity contribution in [1.29, 1.82) is 0 Å². The lowest BCUT2D eigenvalue weighted by molar-refractivity contribution is 0.554. The maximum Gasteiger partial charge on any atom is 0.0954 e. The maximum atomic E-state index is 5.54. The molecule has 6 heteroatoms. The highest BCUT2D eigenvalue weighted by molar-refractivity contribution is 7.05. The number of hydrogen-bond acceptors (Lipinski definition) is 6. The summed E-state index contributed by atoms with van der Waals surface area (Å²) in [6.07, 6.45) is 4.14. The Hall–Kier alpha value is -1.24. The Morgan fingerprint density at radius 2 is 2.53 bits per heavy atom. The molecule has 2 aromatic heterocycles. The van der Waals surface area contributed by atoms with E-state index in [-0.39, 0.29) is 6.04 Å². The summed E-state index contributed by atoms with van der Waals surface area (Å²) < 4.78 is 8.97. The van der Waals surface area contributed by atoms with E-state index >= 15 is 0 Å². The molecule has 0 radical (unpaired) electrons. The number of nitrogens with zero attached hydrogens (tertiary/aromatic N) is 2. The molecule has 0 aliphatic carbocycles. The van der Waals surface area contributed by atoms with Crippen molar-refractivity contribution in [3.8, 4) is 0 Å². The molecule has 0 saturated heterocycles. The predicted molar refractivity (Wildman–Crippen MR) is 57.2 cm³/mol. The highest BCUT2D eigenvalue weighted by Gasteiger charge is 2.19. The quantitative estimate of drug-likeness (QED) is 0.603. The number of nitrogens with two attached hydrogens (primary N) is 1. The molecule has 0 aliphatic heterocycles. The first-order valence-corrected chi connectivity index (χ1v) is 5.43. The molecule has 80 valence electrons. The molecule has 3 N–H and O–H groups in total. The summed E-state index contributed by atoms with van der Waals surface area (Å²) in [5.41, 5.74) is 4.71. The summed E-state index contributed by atoms with van der Waals surface area (Å²) in [6.45, 7) is 2.04. The molecular formula is C9H12N4OS. The van der Waals surface area contributed by atoms with E-state index in [1.165, 1.54) is 11.5 Å². The van der Waals surface area contributed by atoms with Crippen LogP contribution in [0.4, 0.5) is 0 Å². The van der Waals surface area contributed by atoms with Crippen LogP contribution in [-0.2, 0) is 6.42 Å². The van der Waals surface area contributed by atoms with Crippen molar-refractivity contribution in [2.75, 3.05) is 0 Å². The molecule has 0 aromatic carbocycles. The Balaban J connectivity index is 2.35. The van der Waals surface area contributed by atoms with Gasteiger partial charge in [-0.15, -0.1) is 5.10 Å². The average Bonchev–Trinajstić information content (AvgIpc) is 2.89. The largest absolute Gasteiger partial charge is 0.472 e. The second kappa shape index (κ2) is 4.52. The van der Waals surface area contributed by atoms with E-state index in [4.69, 9.17) is 10.3 Å². The van der Waals surface area contributed by atoms with E-state index in [0.29, 0.717) is 0 Å². The molecular weight excluding hydrogens is 212 g/mol. The molecule has 2 rings (SSSR count). The van der Waals surface area contributed by atoms with Crippen LogP contribution in [0.2, 0.25) is 0 Å². The smallest absolute Gasteiger partial charge is 0.0954 e. The van der Waals surface area contributed by atoms with Crippen molar-refractivity contribution < 1.29 is 4.42 Å². The third-order valence-electron chi connectivity index (χ3n) is 2.23. The van der Waals surface area contributed by atoms with E-state index in [1.807, 2.05) is 13.0 Å². The standard InChI is InChI=1S/C9H12N4OS/c1-2-7-9(15-13-12-7)8(11-10)6-3-4-14-5-6/h3-5,8,11H,2,10H2,1H3. The van der Waals surface area contributed by atoms with Crippen LogP contribution in [-0.4, -0.2) is 9.59 Å². The third kappa shape index (κ3) is 1.92. The molecule has 1 atom stereocenters. The van der Waals surface area contributed by atoms with E-state index < -0.39 is 0 Å². The highest BCUT2D eigenvalue weighted by Crippen LogP contribution is 2.26. The fourth-order valence-corrected chi connectivity index (χ4v) is 2.27. The minimum absolute atomic E-state index is 0.0845.